The second-order valence-corrected chi connectivity index (χ2v) is 14.6. The van der Waals surface area contributed by atoms with Gasteiger partial charge in [0, 0.05) is 44.1 Å². The van der Waals surface area contributed by atoms with Crippen LogP contribution in [-0.2, 0) is 5.41 Å². The molecule has 7 aromatic carbocycles. The number of hydrogen-bond acceptors (Lipinski definition) is 3. The standard InChI is InChI=1S/C50H34N4/c1-50(2)42-22-11-9-21-41(42)47-43(50)25-24-40-39-20-10-12-23-46(39)54(48(40)47)38-28-36(35-19-13-14-32(26-35)31-51)27-37(29-38)49-52-44(33-15-5-3-6-16-33)30-45(53-49)34-17-7-4-8-18-34/h3-30H,1-2H3. The maximum atomic E-state index is 9.90. The Hall–Kier alpha value is -7.09. The Morgan fingerprint density at radius 1 is 0.519 bits per heavy atom. The topological polar surface area (TPSA) is 54.5 Å². The summed E-state index contributed by atoms with van der Waals surface area (Å²) in [4.78, 5) is 10.5. The molecular formula is C50H34N4. The fourth-order valence-corrected chi connectivity index (χ4v) is 8.40. The lowest BCUT2D eigenvalue weighted by Gasteiger charge is -2.21. The van der Waals surface area contributed by atoms with Gasteiger partial charge in [0.05, 0.1) is 34.1 Å². The van der Waals surface area contributed by atoms with Crippen LogP contribution in [-0.4, -0.2) is 14.5 Å². The lowest BCUT2D eigenvalue weighted by atomic mass is 9.82. The molecule has 0 saturated carbocycles. The molecule has 0 radical (unpaired) electrons. The second-order valence-electron chi connectivity index (χ2n) is 14.6. The largest absolute Gasteiger partial charge is 0.309 e. The first-order chi connectivity index (χ1) is 26.5. The van der Waals surface area contributed by atoms with Crippen LogP contribution in [0.15, 0.2) is 170 Å². The summed E-state index contributed by atoms with van der Waals surface area (Å²) in [5.74, 6) is 0.632. The number of hydrogen-bond donors (Lipinski definition) is 0. The van der Waals surface area contributed by atoms with Gasteiger partial charge in [0.15, 0.2) is 5.82 Å². The minimum Gasteiger partial charge on any atom is -0.309 e. The van der Waals surface area contributed by atoms with Crippen molar-refractivity contribution < 1.29 is 0 Å². The van der Waals surface area contributed by atoms with E-state index in [0.717, 1.165) is 50.4 Å². The van der Waals surface area contributed by atoms with Crippen molar-refractivity contribution >= 4 is 21.8 Å². The predicted octanol–water partition coefficient (Wildman–Crippen LogP) is 12.4. The summed E-state index contributed by atoms with van der Waals surface area (Å²) in [7, 11) is 0. The minimum atomic E-state index is -0.147. The van der Waals surface area contributed by atoms with Crippen LogP contribution in [0.3, 0.4) is 0 Å². The smallest absolute Gasteiger partial charge is 0.160 e. The summed E-state index contributed by atoms with van der Waals surface area (Å²) < 4.78 is 2.43. The van der Waals surface area contributed by atoms with Crippen molar-refractivity contribution in [2.24, 2.45) is 0 Å². The fourth-order valence-electron chi connectivity index (χ4n) is 8.40. The van der Waals surface area contributed by atoms with E-state index in [0.29, 0.717) is 11.4 Å². The van der Waals surface area contributed by atoms with E-state index in [9.17, 15) is 5.26 Å². The maximum absolute atomic E-state index is 9.90. The van der Waals surface area contributed by atoms with Crippen molar-refractivity contribution in [1.82, 2.24) is 14.5 Å². The van der Waals surface area contributed by atoms with Gasteiger partial charge in [0.25, 0.3) is 0 Å². The molecule has 9 aromatic rings. The van der Waals surface area contributed by atoms with Gasteiger partial charge >= 0.3 is 0 Å². The van der Waals surface area contributed by atoms with Crippen LogP contribution in [0.1, 0.15) is 30.5 Å². The Kier molecular flexibility index (Phi) is 7.18. The molecule has 54 heavy (non-hydrogen) atoms. The maximum Gasteiger partial charge on any atom is 0.160 e. The Morgan fingerprint density at radius 2 is 1.17 bits per heavy atom. The van der Waals surface area contributed by atoms with Crippen LogP contribution >= 0.6 is 0 Å². The zero-order valence-corrected chi connectivity index (χ0v) is 30.0. The van der Waals surface area contributed by atoms with Gasteiger partial charge in [-0.15, -0.1) is 0 Å². The van der Waals surface area contributed by atoms with Crippen LogP contribution in [0.5, 0.6) is 0 Å². The van der Waals surface area contributed by atoms with Crippen molar-refractivity contribution in [3.63, 3.8) is 0 Å². The van der Waals surface area contributed by atoms with Gasteiger partial charge in [-0.3, -0.25) is 0 Å². The summed E-state index contributed by atoms with van der Waals surface area (Å²) in [5.41, 5.74) is 15.6. The van der Waals surface area contributed by atoms with E-state index in [4.69, 9.17) is 9.97 Å². The minimum absolute atomic E-state index is 0.147. The molecule has 0 amide bonds. The van der Waals surface area contributed by atoms with Crippen molar-refractivity contribution in [1.29, 1.82) is 5.26 Å². The Bertz CT molecular complexity index is 2910. The summed E-state index contributed by atoms with van der Waals surface area (Å²) in [6.45, 7) is 4.66. The molecule has 0 saturated heterocycles. The zero-order chi connectivity index (χ0) is 36.4. The number of para-hydroxylation sites is 1. The first-order valence-electron chi connectivity index (χ1n) is 18.3. The number of benzene rings is 7. The van der Waals surface area contributed by atoms with E-state index < -0.39 is 0 Å². The first-order valence-corrected chi connectivity index (χ1v) is 18.3. The highest BCUT2D eigenvalue weighted by Gasteiger charge is 2.37. The Labute approximate surface area is 314 Å². The van der Waals surface area contributed by atoms with Crippen molar-refractivity contribution in [2.75, 3.05) is 0 Å². The van der Waals surface area contributed by atoms with Gasteiger partial charge in [-0.25, -0.2) is 9.97 Å². The van der Waals surface area contributed by atoms with Crippen LogP contribution in [0.25, 0.3) is 83.6 Å². The van der Waals surface area contributed by atoms with E-state index in [1.165, 1.54) is 38.5 Å². The SMILES string of the molecule is CC1(C)c2ccccc2-c2c1ccc1c3ccccc3n(-c3cc(-c4cccc(C#N)c4)cc(-c4nc(-c5ccccc5)cc(-c5ccccc5)n4)c3)c21. The summed E-state index contributed by atoms with van der Waals surface area (Å²) in [5, 5.41) is 12.3. The van der Waals surface area contributed by atoms with Crippen molar-refractivity contribution in [3.8, 4) is 67.9 Å². The lowest BCUT2D eigenvalue weighted by molar-refractivity contribution is 0.661. The molecule has 0 aliphatic heterocycles. The number of aromatic nitrogens is 3. The molecule has 0 unspecified atom stereocenters. The molecule has 2 heterocycles. The summed E-state index contributed by atoms with van der Waals surface area (Å²) in [6.07, 6.45) is 0. The second kappa shape index (κ2) is 12.3. The van der Waals surface area contributed by atoms with E-state index in [2.05, 4.69) is 140 Å². The highest BCUT2D eigenvalue weighted by Crippen LogP contribution is 2.53. The van der Waals surface area contributed by atoms with Crippen molar-refractivity contribution in [2.45, 2.75) is 19.3 Å². The van der Waals surface area contributed by atoms with E-state index in [1.807, 2.05) is 54.6 Å². The Morgan fingerprint density at radius 3 is 1.91 bits per heavy atom. The third-order valence-electron chi connectivity index (χ3n) is 11.0. The average molecular weight is 691 g/mol. The summed E-state index contributed by atoms with van der Waals surface area (Å²) >= 11 is 0. The molecule has 0 N–H and O–H groups in total. The van der Waals surface area contributed by atoms with Crippen LogP contribution in [0.4, 0.5) is 0 Å². The first kappa shape index (κ1) is 31.6. The lowest BCUT2D eigenvalue weighted by Crippen LogP contribution is -2.14. The van der Waals surface area contributed by atoms with E-state index in [-0.39, 0.29) is 5.41 Å². The van der Waals surface area contributed by atoms with Gasteiger partial charge in [-0.1, -0.05) is 141 Å². The number of rotatable bonds is 5. The molecule has 1 aliphatic rings. The molecule has 254 valence electrons. The van der Waals surface area contributed by atoms with Gasteiger partial charge in [0.1, 0.15) is 0 Å². The van der Waals surface area contributed by atoms with Crippen molar-refractivity contribution in [3.05, 3.63) is 187 Å². The highest BCUT2D eigenvalue weighted by molar-refractivity contribution is 6.15. The number of fused-ring (bicyclic) bond motifs is 7. The molecule has 1 aliphatic carbocycles. The van der Waals surface area contributed by atoms with Crippen LogP contribution in [0.2, 0.25) is 0 Å². The molecule has 0 spiro atoms. The number of nitriles is 1. The van der Waals surface area contributed by atoms with Gasteiger partial charge in [-0.2, -0.15) is 5.26 Å². The monoisotopic (exact) mass is 690 g/mol. The Balaban J connectivity index is 1.31. The normalized spacial score (nSPS) is 12.8. The average Bonchev–Trinajstić information content (AvgIpc) is 3.70. The molecule has 0 atom stereocenters. The number of nitrogens with zero attached hydrogens (tertiary/aromatic N) is 4. The van der Waals surface area contributed by atoms with Gasteiger partial charge in [0.2, 0.25) is 0 Å². The van der Waals surface area contributed by atoms with E-state index >= 15 is 0 Å². The van der Waals surface area contributed by atoms with Gasteiger partial charge < -0.3 is 4.57 Å². The van der Waals surface area contributed by atoms with Crippen LogP contribution in [0, 0.1) is 11.3 Å². The highest BCUT2D eigenvalue weighted by atomic mass is 15.0. The molecule has 2 aromatic heterocycles. The molecular weight excluding hydrogens is 657 g/mol. The summed E-state index contributed by atoms with van der Waals surface area (Å²) in [6, 6.07) is 61.6. The predicted molar refractivity (Wildman–Crippen MR) is 220 cm³/mol. The molecule has 10 rings (SSSR count). The molecule has 4 heteroatoms. The third-order valence-corrected chi connectivity index (χ3v) is 11.0. The molecule has 0 bridgehead atoms. The van der Waals surface area contributed by atoms with E-state index in [1.54, 1.807) is 0 Å². The zero-order valence-electron chi connectivity index (χ0n) is 30.0. The molecule has 4 nitrogen and oxygen atoms in total. The third kappa shape index (κ3) is 4.98. The molecule has 0 fully saturated rings. The van der Waals surface area contributed by atoms with Crippen LogP contribution < -0.4 is 0 Å². The fraction of sp³-hybridized carbons (Fsp3) is 0.0600. The van der Waals surface area contributed by atoms with Gasteiger partial charge in [-0.05, 0) is 70.3 Å². The quantitative estimate of drug-likeness (QED) is 0.181.